The van der Waals surface area contributed by atoms with Crippen molar-refractivity contribution in [2.75, 3.05) is 0 Å². The summed E-state index contributed by atoms with van der Waals surface area (Å²) in [5, 5.41) is 25.9. The summed E-state index contributed by atoms with van der Waals surface area (Å²) in [5.41, 5.74) is -2.54. The van der Waals surface area contributed by atoms with Crippen LogP contribution in [0.3, 0.4) is 0 Å². The van der Waals surface area contributed by atoms with E-state index in [1.165, 1.54) is 18.2 Å². The zero-order chi connectivity index (χ0) is 25.0. The third-order valence-corrected chi connectivity index (χ3v) is 6.09. The van der Waals surface area contributed by atoms with Crippen molar-refractivity contribution in [1.29, 1.82) is 0 Å². The SMILES string of the molecule is O=C(NC(O)C1CCCCCC1)c1cc(-n2ncc(=O)n(CC(O)C(F)(F)F)c2=O)ccc1Cl. The first-order chi connectivity index (χ1) is 16.0. The quantitative estimate of drug-likeness (QED) is 0.408. The number of aliphatic hydroxyl groups is 2. The Morgan fingerprint density at radius 3 is 2.44 bits per heavy atom. The van der Waals surface area contributed by atoms with E-state index in [0.29, 0.717) is 10.9 Å². The van der Waals surface area contributed by atoms with Crippen LogP contribution >= 0.6 is 11.6 Å². The van der Waals surface area contributed by atoms with Crippen molar-refractivity contribution in [3.05, 3.63) is 55.8 Å². The molecule has 1 aliphatic rings. The summed E-state index contributed by atoms with van der Waals surface area (Å²) in [4.78, 5) is 37.3. The first kappa shape index (κ1) is 25.9. The first-order valence-electron chi connectivity index (χ1n) is 10.7. The number of nitrogens with zero attached hydrogens (tertiary/aromatic N) is 3. The molecule has 1 aromatic carbocycles. The van der Waals surface area contributed by atoms with Gasteiger partial charge in [-0.1, -0.05) is 37.3 Å². The van der Waals surface area contributed by atoms with Gasteiger partial charge in [0.2, 0.25) is 0 Å². The van der Waals surface area contributed by atoms with E-state index in [1.807, 2.05) is 0 Å². The Balaban J connectivity index is 1.88. The minimum atomic E-state index is -5.04. The molecule has 13 heteroatoms. The van der Waals surface area contributed by atoms with Crippen LogP contribution in [0.25, 0.3) is 5.69 Å². The maximum atomic E-state index is 12.8. The van der Waals surface area contributed by atoms with Gasteiger partial charge < -0.3 is 15.5 Å². The zero-order valence-corrected chi connectivity index (χ0v) is 18.7. The number of aromatic nitrogens is 3. The number of rotatable bonds is 6. The first-order valence-corrected chi connectivity index (χ1v) is 11.1. The van der Waals surface area contributed by atoms with Crippen LogP contribution in [0.4, 0.5) is 13.2 Å². The Labute approximate surface area is 196 Å². The van der Waals surface area contributed by atoms with Gasteiger partial charge >= 0.3 is 11.9 Å². The van der Waals surface area contributed by atoms with Crippen molar-refractivity contribution in [2.24, 2.45) is 5.92 Å². The number of halogens is 4. The second-order valence-electron chi connectivity index (χ2n) is 8.18. The largest absolute Gasteiger partial charge is 0.416 e. The van der Waals surface area contributed by atoms with Crippen molar-refractivity contribution in [2.45, 2.75) is 63.6 Å². The van der Waals surface area contributed by atoms with Crippen LogP contribution in [0, 0.1) is 5.92 Å². The van der Waals surface area contributed by atoms with Gasteiger partial charge in [-0.05, 0) is 31.0 Å². The van der Waals surface area contributed by atoms with E-state index in [-0.39, 0.29) is 26.8 Å². The number of nitrogens with one attached hydrogen (secondary N) is 1. The van der Waals surface area contributed by atoms with Gasteiger partial charge in [0.1, 0.15) is 12.4 Å². The van der Waals surface area contributed by atoms with E-state index < -0.39 is 42.2 Å². The standard InChI is InChI=1S/C21H24ClF3N4O5/c22-15-8-7-13(9-14(15)19(33)27-18(32)12-5-3-1-2-4-6-12)29-20(34)28(17(31)10-26-29)11-16(30)21(23,24)25/h7-10,12,16,18,30,32H,1-6,11H2,(H,27,33). The number of hydrogen-bond acceptors (Lipinski definition) is 6. The summed E-state index contributed by atoms with van der Waals surface area (Å²) < 4.78 is 38.9. The monoisotopic (exact) mass is 504 g/mol. The molecule has 0 radical (unpaired) electrons. The summed E-state index contributed by atoms with van der Waals surface area (Å²) >= 11 is 6.13. The van der Waals surface area contributed by atoms with Gasteiger partial charge in [-0.15, -0.1) is 0 Å². The summed E-state index contributed by atoms with van der Waals surface area (Å²) in [6.07, 6.45) is -2.91. The van der Waals surface area contributed by atoms with E-state index >= 15 is 0 Å². The normalized spacial score (nSPS) is 17.1. The molecule has 1 aliphatic carbocycles. The number of aliphatic hydroxyl groups excluding tert-OH is 2. The fourth-order valence-corrected chi connectivity index (χ4v) is 4.04. The molecule has 186 valence electrons. The van der Waals surface area contributed by atoms with Crippen LogP contribution in [0.1, 0.15) is 48.9 Å². The average molecular weight is 505 g/mol. The van der Waals surface area contributed by atoms with Gasteiger partial charge in [0.15, 0.2) is 6.10 Å². The van der Waals surface area contributed by atoms with Crippen LogP contribution < -0.4 is 16.6 Å². The summed E-state index contributed by atoms with van der Waals surface area (Å²) in [6, 6.07) is 3.73. The molecule has 1 aromatic heterocycles. The third kappa shape index (κ3) is 6.05. The van der Waals surface area contributed by atoms with Gasteiger partial charge in [-0.25, -0.2) is 4.79 Å². The molecule has 0 saturated heterocycles. The highest BCUT2D eigenvalue weighted by molar-refractivity contribution is 6.33. The zero-order valence-electron chi connectivity index (χ0n) is 18.0. The molecule has 2 aromatic rings. The highest BCUT2D eigenvalue weighted by Crippen LogP contribution is 2.26. The molecular formula is C21H24ClF3N4O5. The van der Waals surface area contributed by atoms with Crippen LogP contribution in [0.15, 0.2) is 34.0 Å². The van der Waals surface area contributed by atoms with Crippen molar-refractivity contribution < 1.29 is 28.2 Å². The maximum Gasteiger partial charge on any atom is 0.416 e. The lowest BCUT2D eigenvalue weighted by Gasteiger charge is -2.22. The second-order valence-corrected chi connectivity index (χ2v) is 8.59. The van der Waals surface area contributed by atoms with Crippen molar-refractivity contribution in [3.63, 3.8) is 0 Å². The Morgan fingerprint density at radius 1 is 1.18 bits per heavy atom. The number of carbonyl (C=O) groups excluding carboxylic acids is 1. The molecule has 1 saturated carbocycles. The molecule has 0 aliphatic heterocycles. The van der Waals surface area contributed by atoms with Crippen LogP contribution in [0.2, 0.25) is 5.02 Å². The predicted molar refractivity (Wildman–Crippen MR) is 116 cm³/mol. The summed E-state index contributed by atoms with van der Waals surface area (Å²) in [6.45, 7) is -1.32. The predicted octanol–water partition coefficient (Wildman–Crippen LogP) is 1.99. The highest BCUT2D eigenvalue weighted by Gasteiger charge is 2.39. The lowest BCUT2D eigenvalue weighted by molar-refractivity contribution is -0.207. The van der Waals surface area contributed by atoms with Crippen molar-refractivity contribution in [1.82, 2.24) is 19.7 Å². The lowest BCUT2D eigenvalue weighted by atomic mass is 9.98. The molecule has 2 unspecified atom stereocenters. The minimum absolute atomic E-state index is 0.00294. The highest BCUT2D eigenvalue weighted by atomic mass is 35.5. The van der Waals surface area contributed by atoms with Gasteiger partial charge in [0.05, 0.1) is 22.8 Å². The molecule has 0 bridgehead atoms. The van der Waals surface area contributed by atoms with Gasteiger partial charge in [-0.3, -0.25) is 14.2 Å². The topological polar surface area (TPSA) is 126 Å². The molecule has 1 fully saturated rings. The number of carbonyl (C=O) groups is 1. The van der Waals surface area contributed by atoms with Crippen molar-refractivity contribution >= 4 is 17.5 Å². The molecule has 2 atom stereocenters. The molecule has 3 N–H and O–H groups in total. The average Bonchev–Trinajstić information content (AvgIpc) is 3.06. The van der Waals surface area contributed by atoms with Crippen LogP contribution in [-0.4, -0.2) is 49.0 Å². The number of amides is 1. The Bertz CT molecular complexity index is 1140. The second kappa shape index (κ2) is 10.7. The van der Waals surface area contributed by atoms with Gasteiger partial charge in [0, 0.05) is 5.92 Å². The van der Waals surface area contributed by atoms with Crippen LogP contribution in [-0.2, 0) is 6.54 Å². The number of benzene rings is 1. The minimum Gasteiger partial charge on any atom is -0.382 e. The van der Waals surface area contributed by atoms with E-state index in [0.717, 1.165) is 38.5 Å². The molecule has 9 nitrogen and oxygen atoms in total. The van der Waals surface area contributed by atoms with E-state index in [4.69, 9.17) is 11.6 Å². The smallest absolute Gasteiger partial charge is 0.382 e. The third-order valence-electron chi connectivity index (χ3n) is 5.76. The fourth-order valence-electron chi connectivity index (χ4n) is 3.83. The Morgan fingerprint density at radius 2 is 1.82 bits per heavy atom. The summed E-state index contributed by atoms with van der Waals surface area (Å²) in [5.74, 6) is -0.821. The van der Waals surface area contributed by atoms with E-state index in [9.17, 15) is 37.8 Å². The van der Waals surface area contributed by atoms with E-state index in [2.05, 4.69) is 10.4 Å². The van der Waals surface area contributed by atoms with Crippen molar-refractivity contribution in [3.8, 4) is 5.69 Å². The molecule has 1 heterocycles. The molecular weight excluding hydrogens is 481 g/mol. The number of hydrogen-bond donors (Lipinski definition) is 3. The van der Waals surface area contributed by atoms with Gasteiger partial charge in [-0.2, -0.15) is 23.0 Å². The lowest BCUT2D eigenvalue weighted by Crippen LogP contribution is -2.45. The molecule has 3 rings (SSSR count). The molecule has 34 heavy (non-hydrogen) atoms. The maximum absolute atomic E-state index is 12.8. The molecule has 0 spiro atoms. The Hall–Kier alpha value is -2.70. The summed E-state index contributed by atoms with van der Waals surface area (Å²) in [7, 11) is 0. The molecule has 1 amide bonds. The fraction of sp³-hybridized carbons (Fsp3) is 0.524. The van der Waals surface area contributed by atoms with E-state index in [1.54, 1.807) is 0 Å². The Kier molecular flexibility index (Phi) is 8.16. The van der Waals surface area contributed by atoms with Gasteiger partial charge in [0.25, 0.3) is 11.5 Å². The van der Waals surface area contributed by atoms with Crippen LogP contribution in [0.5, 0.6) is 0 Å². The number of alkyl halides is 3.